The number of H-pyrrole nitrogens is 1. The van der Waals surface area contributed by atoms with E-state index in [2.05, 4.69) is 15.1 Å². The number of imidazole rings is 1. The number of sulfonamides is 1. The van der Waals surface area contributed by atoms with Crippen molar-refractivity contribution in [3.63, 3.8) is 0 Å². The van der Waals surface area contributed by atoms with E-state index in [0.29, 0.717) is 25.2 Å². The van der Waals surface area contributed by atoms with Crippen molar-refractivity contribution < 1.29 is 13.5 Å². The van der Waals surface area contributed by atoms with E-state index in [1.165, 1.54) is 0 Å². The van der Waals surface area contributed by atoms with Gasteiger partial charge in [-0.15, -0.1) is 0 Å². The lowest BCUT2D eigenvalue weighted by atomic mass is 9.96. The van der Waals surface area contributed by atoms with Gasteiger partial charge in [0.25, 0.3) is 0 Å². The van der Waals surface area contributed by atoms with E-state index in [1.807, 2.05) is 12.3 Å². The standard InChI is InChI=1S/C17H21N5O3S/c23-9-8-21-7-5-15(20-21)13-2-1-6-22(11-13)26(24,25)14-3-4-16-17(10-14)19-12-18-16/h3-5,7,10,12-13,23H,1-2,6,8-9,11H2,(H,18,19). The molecule has 1 aliphatic rings. The number of nitrogens with zero attached hydrogens (tertiary/aromatic N) is 4. The van der Waals surface area contributed by atoms with Crippen LogP contribution in [0.15, 0.2) is 41.7 Å². The molecule has 4 rings (SSSR count). The summed E-state index contributed by atoms with van der Waals surface area (Å²) >= 11 is 0. The molecule has 8 nitrogen and oxygen atoms in total. The van der Waals surface area contributed by atoms with E-state index in [4.69, 9.17) is 5.11 Å². The largest absolute Gasteiger partial charge is 0.394 e. The molecule has 0 bridgehead atoms. The highest BCUT2D eigenvalue weighted by molar-refractivity contribution is 7.89. The number of aliphatic hydroxyl groups is 1. The number of fused-ring (bicyclic) bond motifs is 1. The molecule has 1 aliphatic heterocycles. The number of benzene rings is 1. The van der Waals surface area contributed by atoms with Crippen LogP contribution in [0.4, 0.5) is 0 Å². The molecule has 26 heavy (non-hydrogen) atoms. The minimum absolute atomic E-state index is 0.0301. The number of aromatic nitrogens is 4. The number of piperidine rings is 1. The van der Waals surface area contributed by atoms with Gasteiger partial charge in [-0.25, -0.2) is 13.4 Å². The quantitative estimate of drug-likeness (QED) is 0.700. The highest BCUT2D eigenvalue weighted by Gasteiger charge is 2.32. The summed E-state index contributed by atoms with van der Waals surface area (Å²) < 4.78 is 29.4. The number of hydrogen-bond donors (Lipinski definition) is 2. The maximum Gasteiger partial charge on any atom is 0.243 e. The molecule has 1 unspecified atom stereocenters. The Morgan fingerprint density at radius 2 is 2.19 bits per heavy atom. The molecule has 138 valence electrons. The third kappa shape index (κ3) is 3.13. The summed E-state index contributed by atoms with van der Waals surface area (Å²) in [7, 11) is -3.56. The monoisotopic (exact) mass is 375 g/mol. The van der Waals surface area contributed by atoms with Crippen molar-refractivity contribution in [2.45, 2.75) is 30.2 Å². The molecular formula is C17H21N5O3S. The van der Waals surface area contributed by atoms with Crippen molar-refractivity contribution in [2.75, 3.05) is 19.7 Å². The van der Waals surface area contributed by atoms with E-state index in [1.54, 1.807) is 33.5 Å². The lowest BCUT2D eigenvalue weighted by Gasteiger charge is -2.31. The summed E-state index contributed by atoms with van der Waals surface area (Å²) in [5.74, 6) is 0.0642. The third-order valence-corrected chi connectivity index (χ3v) is 6.68. The van der Waals surface area contributed by atoms with Gasteiger partial charge >= 0.3 is 0 Å². The molecule has 0 spiro atoms. The molecule has 3 heterocycles. The fourth-order valence-corrected chi connectivity index (χ4v) is 5.00. The van der Waals surface area contributed by atoms with Gasteiger partial charge in [-0.05, 0) is 37.1 Å². The molecule has 0 aliphatic carbocycles. The van der Waals surface area contributed by atoms with Gasteiger partial charge in [0.15, 0.2) is 0 Å². The topological polar surface area (TPSA) is 104 Å². The summed E-state index contributed by atoms with van der Waals surface area (Å²) in [6, 6.07) is 6.87. The Kier molecular flexibility index (Phi) is 4.51. The molecule has 1 atom stereocenters. The van der Waals surface area contributed by atoms with Crippen LogP contribution < -0.4 is 0 Å². The molecule has 1 saturated heterocycles. The van der Waals surface area contributed by atoms with Crippen LogP contribution >= 0.6 is 0 Å². The van der Waals surface area contributed by atoms with E-state index >= 15 is 0 Å². The molecule has 0 saturated carbocycles. The summed E-state index contributed by atoms with van der Waals surface area (Å²) in [5, 5.41) is 13.5. The Labute approximate surface area is 151 Å². The van der Waals surface area contributed by atoms with Crippen molar-refractivity contribution in [2.24, 2.45) is 0 Å². The van der Waals surface area contributed by atoms with Crippen LogP contribution in [-0.2, 0) is 16.6 Å². The average molecular weight is 375 g/mol. The molecular weight excluding hydrogens is 354 g/mol. The first-order valence-electron chi connectivity index (χ1n) is 8.65. The predicted octanol–water partition coefficient (Wildman–Crippen LogP) is 1.32. The van der Waals surface area contributed by atoms with Gasteiger partial charge < -0.3 is 10.1 Å². The molecule has 2 N–H and O–H groups in total. The lowest BCUT2D eigenvalue weighted by Crippen LogP contribution is -2.39. The van der Waals surface area contributed by atoms with Gasteiger partial charge in [0.05, 0.1) is 41.1 Å². The second-order valence-corrected chi connectivity index (χ2v) is 8.45. The predicted molar refractivity (Wildman–Crippen MR) is 96.1 cm³/mol. The highest BCUT2D eigenvalue weighted by atomic mass is 32.2. The molecule has 3 aromatic rings. The number of nitrogens with one attached hydrogen (secondary N) is 1. The molecule has 2 aromatic heterocycles. The lowest BCUT2D eigenvalue weighted by molar-refractivity contribution is 0.267. The van der Waals surface area contributed by atoms with Crippen molar-refractivity contribution in [3.05, 3.63) is 42.5 Å². The Balaban J connectivity index is 1.57. The van der Waals surface area contributed by atoms with Gasteiger partial charge in [-0.3, -0.25) is 4.68 Å². The average Bonchev–Trinajstić information content (AvgIpc) is 3.30. The van der Waals surface area contributed by atoms with Crippen LogP contribution in [-0.4, -0.2) is 57.3 Å². The maximum atomic E-state index is 13.1. The molecule has 0 amide bonds. The highest BCUT2D eigenvalue weighted by Crippen LogP contribution is 2.30. The number of aromatic amines is 1. The third-order valence-electron chi connectivity index (χ3n) is 4.82. The van der Waals surface area contributed by atoms with E-state index in [9.17, 15) is 8.42 Å². The first kappa shape index (κ1) is 17.2. The van der Waals surface area contributed by atoms with Gasteiger partial charge in [0, 0.05) is 25.2 Å². The van der Waals surface area contributed by atoms with Crippen molar-refractivity contribution >= 4 is 21.1 Å². The Morgan fingerprint density at radius 1 is 1.31 bits per heavy atom. The molecule has 0 radical (unpaired) electrons. The normalized spacial score (nSPS) is 19.2. The van der Waals surface area contributed by atoms with Gasteiger partial charge in [-0.2, -0.15) is 9.40 Å². The first-order valence-corrected chi connectivity index (χ1v) is 10.1. The zero-order chi connectivity index (χ0) is 18.1. The van der Waals surface area contributed by atoms with Crippen LogP contribution in [0.2, 0.25) is 0 Å². The van der Waals surface area contributed by atoms with Gasteiger partial charge in [0.2, 0.25) is 10.0 Å². The van der Waals surface area contributed by atoms with E-state index in [-0.39, 0.29) is 17.4 Å². The van der Waals surface area contributed by atoms with Crippen LogP contribution in [0.5, 0.6) is 0 Å². The first-order chi connectivity index (χ1) is 12.6. The van der Waals surface area contributed by atoms with Crippen molar-refractivity contribution in [1.82, 2.24) is 24.1 Å². The summed E-state index contributed by atoms with van der Waals surface area (Å²) in [6.45, 7) is 1.40. The maximum absolute atomic E-state index is 13.1. The van der Waals surface area contributed by atoms with E-state index in [0.717, 1.165) is 24.1 Å². The SMILES string of the molecule is O=S(=O)(c1ccc2nc[nH]c2c1)N1CCCC(c2ccn(CCO)n2)C1. The zero-order valence-corrected chi connectivity index (χ0v) is 15.1. The molecule has 1 fully saturated rings. The van der Waals surface area contributed by atoms with Crippen LogP contribution in [0.1, 0.15) is 24.5 Å². The second kappa shape index (κ2) is 6.82. The zero-order valence-electron chi connectivity index (χ0n) is 14.2. The van der Waals surface area contributed by atoms with Gasteiger partial charge in [0.1, 0.15) is 0 Å². The van der Waals surface area contributed by atoms with Crippen LogP contribution in [0.25, 0.3) is 11.0 Å². The van der Waals surface area contributed by atoms with E-state index < -0.39 is 10.0 Å². The van der Waals surface area contributed by atoms with Crippen LogP contribution in [0, 0.1) is 0 Å². The Bertz CT molecular complexity index is 1010. The van der Waals surface area contributed by atoms with Gasteiger partial charge in [-0.1, -0.05) is 0 Å². The fourth-order valence-electron chi connectivity index (χ4n) is 3.45. The smallest absolute Gasteiger partial charge is 0.243 e. The number of aliphatic hydroxyl groups excluding tert-OH is 1. The molecule has 1 aromatic carbocycles. The minimum atomic E-state index is -3.56. The fraction of sp³-hybridized carbons (Fsp3) is 0.412. The summed E-state index contributed by atoms with van der Waals surface area (Å²) in [4.78, 5) is 7.37. The number of hydrogen-bond acceptors (Lipinski definition) is 5. The number of rotatable bonds is 5. The van der Waals surface area contributed by atoms with Crippen LogP contribution in [0.3, 0.4) is 0 Å². The van der Waals surface area contributed by atoms with Crippen molar-refractivity contribution in [3.8, 4) is 0 Å². The Morgan fingerprint density at radius 3 is 3.04 bits per heavy atom. The minimum Gasteiger partial charge on any atom is -0.394 e. The molecule has 9 heteroatoms. The Hall–Kier alpha value is -2.23. The summed E-state index contributed by atoms with van der Waals surface area (Å²) in [6.07, 6.45) is 5.08. The summed E-state index contributed by atoms with van der Waals surface area (Å²) in [5.41, 5.74) is 2.33. The second-order valence-electron chi connectivity index (χ2n) is 6.51. The van der Waals surface area contributed by atoms with Crippen molar-refractivity contribution in [1.29, 1.82) is 0 Å².